The van der Waals surface area contributed by atoms with E-state index in [1.165, 1.54) is 12.8 Å². The van der Waals surface area contributed by atoms with Crippen LogP contribution in [0.3, 0.4) is 0 Å². The molecule has 2 aromatic rings. The number of nitrogens with one attached hydrogen (secondary N) is 1. The first kappa shape index (κ1) is 29.4. The van der Waals surface area contributed by atoms with E-state index in [1.807, 2.05) is 20.8 Å². The van der Waals surface area contributed by atoms with E-state index in [2.05, 4.69) is 17.9 Å². The van der Waals surface area contributed by atoms with E-state index in [9.17, 15) is 17.6 Å². The topological polar surface area (TPSA) is 47.3 Å². The lowest BCUT2D eigenvalue weighted by Gasteiger charge is -2.19. The Bertz CT molecular complexity index is 811. The van der Waals surface area contributed by atoms with Crippen molar-refractivity contribution in [1.82, 2.24) is 5.32 Å². The number of alkyl halides is 2. The van der Waals surface area contributed by atoms with Crippen molar-refractivity contribution in [3.63, 3.8) is 0 Å². The van der Waals surface area contributed by atoms with E-state index < -0.39 is 36.2 Å². The van der Waals surface area contributed by atoms with Crippen molar-refractivity contribution in [2.24, 2.45) is 5.73 Å². The summed E-state index contributed by atoms with van der Waals surface area (Å²) in [5, 5.41) is 2.72. The predicted octanol–water partition coefficient (Wildman–Crippen LogP) is 5.87. The molecule has 2 aliphatic heterocycles. The number of nitrogens with two attached hydrogens (primary N) is 1. The van der Waals surface area contributed by atoms with Crippen molar-refractivity contribution in [3.05, 3.63) is 59.7 Å². The molecule has 3 nitrogen and oxygen atoms in total. The molecule has 8 heteroatoms. The average Bonchev–Trinajstić information content (AvgIpc) is 3.47. The first-order valence-electron chi connectivity index (χ1n) is 11.4. The molecule has 0 spiro atoms. The molecule has 0 aromatic heterocycles. The summed E-state index contributed by atoms with van der Waals surface area (Å²) >= 11 is 3.79. The van der Waals surface area contributed by atoms with Crippen LogP contribution in [0.1, 0.15) is 39.2 Å². The molecule has 2 fully saturated rings. The van der Waals surface area contributed by atoms with Gasteiger partial charge in [0.05, 0.1) is 12.6 Å². The van der Waals surface area contributed by atoms with Crippen LogP contribution in [0.2, 0.25) is 0 Å². The van der Waals surface area contributed by atoms with E-state index in [1.54, 1.807) is 24.3 Å². The molecule has 0 radical (unpaired) electrons. The number of hydrogen-bond donors (Lipinski definition) is 3. The van der Waals surface area contributed by atoms with Crippen molar-refractivity contribution in [1.29, 1.82) is 0 Å². The Labute approximate surface area is 200 Å². The summed E-state index contributed by atoms with van der Waals surface area (Å²) in [6.07, 6.45) is 2.85. The Kier molecular flexibility index (Phi) is 13.7. The molecule has 0 amide bonds. The van der Waals surface area contributed by atoms with Gasteiger partial charge in [0.15, 0.2) is 0 Å². The predicted molar refractivity (Wildman–Crippen MR) is 131 cm³/mol. The minimum atomic E-state index is -2.93. The molecular formula is C25H36F4N2OS. The van der Waals surface area contributed by atoms with Crippen LogP contribution < -0.4 is 11.1 Å². The van der Waals surface area contributed by atoms with E-state index in [4.69, 9.17) is 10.5 Å². The highest BCUT2D eigenvalue weighted by atomic mass is 32.1. The van der Waals surface area contributed by atoms with Gasteiger partial charge in [0.2, 0.25) is 0 Å². The number of ether oxygens (including phenoxy) is 1. The zero-order valence-corrected chi connectivity index (χ0v) is 20.5. The van der Waals surface area contributed by atoms with Gasteiger partial charge in [-0.2, -0.15) is 12.6 Å². The largest absolute Gasteiger partial charge is 0.381 e. The summed E-state index contributed by atoms with van der Waals surface area (Å²) in [6, 6.07) is 8.16. The van der Waals surface area contributed by atoms with Crippen molar-refractivity contribution in [2.75, 3.05) is 25.5 Å². The smallest absolute Gasteiger partial charge is 0.276 e. The minimum absolute atomic E-state index is 0.140. The third-order valence-corrected chi connectivity index (χ3v) is 4.97. The van der Waals surface area contributed by atoms with Crippen LogP contribution in [-0.2, 0) is 11.2 Å². The molecule has 33 heavy (non-hydrogen) atoms. The highest BCUT2D eigenvalue weighted by Gasteiger charge is 2.47. The quantitative estimate of drug-likeness (QED) is 0.374. The lowest BCUT2D eigenvalue weighted by molar-refractivity contribution is 0.00434. The molecule has 3 N–H and O–H groups in total. The summed E-state index contributed by atoms with van der Waals surface area (Å²) in [5.41, 5.74) is 6.95. The third-order valence-electron chi connectivity index (χ3n) is 4.97. The molecular weight excluding hydrogens is 452 g/mol. The summed E-state index contributed by atoms with van der Waals surface area (Å²) in [5.74, 6) is -3.06. The number of thiol groups is 1. The van der Waals surface area contributed by atoms with Crippen molar-refractivity contribution in [2.45, 2.75) is 58.0 Å². The molecule has 2 aromatic carbocycles. The fourth-order valence-corrected chi connectivity index (χ4v) is 3.35. The van der Waals surface area contributed by atoms with Crippen molar-refractivity contribution in [3.8, 4) is 11.1 Å². The Morgan fingerprint density at radius 2 is 1.73 bits per heavy atom. The SMILES string of the molecule is C1CCOC1.CC.CCS.NC1C(Cc2cccc(-c3cc(F)ccc3F)c2)NCC1(F)F. The second kappa shape index (κ2) is 15.3. The molecule has 4 rings (SSSR count). The maximum Gasteiger partial charge on any atom is 0.276 e. The van der Waals surface area contributed by atoms with Gasteiger partial charge in [-0.05, 0) is 54.3 Å². The monoisotopic (exact) mass is 488 g/mol. The molecule has 2 atom stereocenters. The van der Waals surface area contributed by atoms with Crippen LogP contribution in [0, 0.1) is 11.6 Å². The van der Waals surface area contributed by atoms with Crippen LogP contribution in [0.25, 0.3) is 11.1 Å². The first-order chi connectivity index (χ1) is 15.8. The Balaban J connectivity index is 0.000000458. The lowest BCUT2D eigenvalue weighted by Crippen LogP contribution is -2.45. The fourth-order valence-electron chi connectivity index (χ4n) is 3.35. The van der Waals surface area contributed by atoms with E-state index in [0.717, 1.165) is 42.7 Å². The van der Waals surface area contributed by atoms with E-state index in [0.29, 0.717) is 12.0 Å². The summed E-state index contributed by atoms with van der Waals surface area (Å²) in [6.45, 7) is 7.54. The highest BCUT2D eigenvalue weighted by molar-refractivity contribution is 7.80. The molecule has 2 saturated heterocycles. The maximum absolute atomic E-state index is 13.9. The van der Waals surface area contributed by atoms with Crippen molar-refractivity contribution >= 4 is 12.6 Å². The zero-order chi connectivity index (χ0) is 24.9. The Hall–Kier alpha value is -1.61. The van der Waals surface area contributed by atoms with Crippen LogP contribution >= 0.6 is 12.6 Å². The average molecular weight is 489 g/mol. The second-order valence-corrected chi connectivity index (χ2v) is 8.07. The Morgan fingerprint density at radius 1 is 1.09 bits per heavy atom. The van der Waals surface area contributed by atoms with Gasteiger partial charge in [-0.1, -0.05) is 45.0 Å². The van der Waals surface area contributed by atoms with Gasteiger partial charge in [0, 0.05) is 24.8 Å². The Morgan fingerprint density at radius 3 is 2.24 bits per heavy atom. The van der Waals surface area contributed by atoms with Gasteiger partial charge in [-0.15, -0.1) is 0 Å². The van der Waals surface area contributed by atoms with Gasteiger partial charge < -0.3 is 15.8 Å². The van der Waals surface area contributed by atoms with Crippen LogP contribution in [0.15, 0.2) is 42.5 Å². The summed E-state index contributed by atoms with van der Waals surface area (Å²) in [4.78, 5) is 0. The van der Waals surface area contributed by atoms with Crippen LogP contribution in [-0.4, -0.2) is 43.5 Å². The van der Waals surface area contributed by atoms with E-state index in [-0.39, 0.29) is 5.56 Å². The first-order valence-corrected chi connectivity index (χ1v) is 12.0. The molecule has 0 bridgehead atoms. The number of halogens is 4. The van der Waals surface area contributed by atoms with Gasteiger partial charge >= 0.3 is 0 Å². The van der Waals surface area contributed by atoms with E-state index >= 15 is 0 Å². The third kappa shape index (κ3) is 9.65. The standard InChI is InChI=1S/C17H16F4N2.C4H8O.C2H6S.C2H6/c18-12-4-5-14(19)13(8-12)11-3-1-2-10(6-11)7-15-16(22)17(20,21)9-23-15;1-2-4-5-3-1;1-2-3;1-2/h1-6,8,15-16,23H,7,9,22H2;1-4H2;3H,2H2,1H3;1-2H3. The zero-order valence-electron chi connectivity index (χ0n) is 19.6. The molecule has 0 saturated carbocycles. The fraction of sp³-hybridized carbons (Fsp3) is 0.520. The number of hydrogen-bond acceptors (Lipinski definition) is 4. The molecule has 2 unspecified atom stereocenters. The lowest BCUT2D eigenvalue weighted by atomic mass is 9.96. The molecule has 2 heterocycles. The van der Waals surface area contributed by atoms with Gasteiger partial charge in [-0.3, -0.25) is 0 Å². The molecule has 186 valence electrons. The minimum Gasteiger partial charge on any atom is -0.381 e. The summed E-state index contributed by atoms with van der Waals surface area (Å²) in [7, 11) is 0. The molecule has 0 aliphatic carbocycles. The highest BCUT2D eigenvalue weighted by Crippen LogP contribution is 2.28. The second-order valence-electron chi connectivity index (χ2n) is 7.44. The van der Waals surface area contributed by atoms with Crippen molar-refractivity contribution < 1.29 is 22.3 Å². The summed E-state index contributed by atoms with van der Waals surface area (Å²) < 4.78 is 59.0. The van der Waals surface area contributed by atoms with Gasteiger partial charge in [-0.25, -0.2) is 17.6 Å². The number of rotatable bonds is 3. The van der Waals surface area contributed by atoms with Gasteiger partial charge in [0.25, 0.3) is 5.92 Å². The van der Waals surface area contributed by atoms with Gasteiger partial charge in [0.1, 0.15) is 11.6 Å². The number of benzene rings is 2. The normalized spacial score (nSPS) is 20.5. The van der Waals surface area contributed by atoms with Crippen LogP contribution in [0.4, 0.5) is 17.6 Å². The molecule has 2 aliphatic rings. The van der Waals surface area contributed by atoms with Crippen LogP contribution in [0.5, 0.6) is 0 Å². The maximum atomic E-state index is 13.9.